The molecule has 0 nitrogen and oxygen atoms in total. The van der Waals surface area contributed by atoms with Gasteiger partial charge in [0.15, 0.2) is 0 Å². The number of benzene rings is 1. The number of fused-ring (bicyclic) bond motifs is 1. The first kappa shape index (κ1) is 10.0. The van der Waals surface area contributed by atoms with Crippen molar-refractivity contribution < 1.29 is 0 Å². The molecule has 0 saturated carbocycles. The maximum atomic E-state index is 5.24. The predicted octanol–water partition coefficient (Wildman–Crippen LogP) is 4.16. The van der Waals surface area contributed by atoms with Gasteiger partial charge in [-0.05, 0) is 43.2 Å². The van der Waals surface area contributed by atoms with E-state index in [1.807, 2.05) is 17.4 Å². The van der Waals surface area contributed by atoms with E-state index in [1.165, 1.54) is 26.1 Å². The van der Waals surface area contributed by atoms with Crippen molar-refractivity contribution in [1.82, 2.24) is 0 Å². The second kappa shape index (κ2) is 3.92. The zero-order valence-corrected chi connectivity index (χ0v) is 9.69. The van der Waals surface area contributed by atoms with E-state index in [1.54, 1.807) is 6.08 Å². The van der Waals surface area contributed by atoms with Gasteiger partial charge in [-0.25, -0.2) is 0 Å². The van der Waals surface area contributed by atoms with Crippen molar-refractivity contribution in [2.75, 3.05) is 0 Å². The summed E-state index contributed by atoms with van der Waals surface area (Å²) >= 11 is 1.82. The van der Waals surface area contributed by atoms with Crippen molar-refractivity contribution in [3.05, 3.63) is 40.3 Å². The van der Waals surface area contributed by atoms with Crippen LogP contribution in [0.2, 0.25) is 0 Å². The SMILES string of the molecule is C#C/C=C\c1c(C)sc2cccc(C)c12. The second-order valence-corrected chi connectivity index (χ2v) is 4.78. The highest BCUT2D eigenvalue weighted by atomic mass is 32.1. The molecule has 0 spiro atoms. The number of thiophene rings is 1. The molecule has 2 aromatic rings. The van der Waals surface area contributed by atoms with Crippen LogP contribution in [0.4, 0.5) is 0 Å². The summed E-state index contributed by atoms with van der Waals surface area (Å²) in [5, 5.41) is 1.34. The van der Waals surface area contributed by atoms with Gasteiger partial charge in [-0.3, -0.25) is 0 Å². The summed E-state index contributed by atoms with van der Waals surface area (Å²) in [6.07, 6.45) is 9.04. The molecule has 0 amide bonds. The van der Waals surface area contributed by atoms with Crippen LogP contribution >= 0.6 is 11.3 Å². The molecule has 0 unspecified atom stereocenters. The number of aryl methyl sites for hydroxylation is 2. The molecule has 0 atom stereocenters. The minimum absolute atomic E-state index is 1.27. The fourth-order valence-corrected chi connectivity index (χ4v) is 2.93. The molecule has 1 aromatic carbocycles. The summed E-state index contributed by atoms with van der Waals surface area (Å²) in [5.41, 5.74) is 2.58. The molecule has 15 heavy (non-hydrogen) atoms. The summed E-state index contributed by atoms with van der Waals surface area (Å²) < 4.78 is 1.34. The van der Waals surface area contributed by atoms with E-state index >= 15 is 0 Å². The highest BCUT2D eigenvalue weighted by Gasteiger charge is 2.07. The molecule has 74 valence electrons. The van der Waals surface area contributed by atoms with Crippen LogP contribution in [-0.2, 0) is 0 Å². The van der Waals surface area contributed by atoms with E-state index in [-0.39, 0.29) is 0 Å². The lowest BCUT2D eigenvalue weighted by molar-refractivity contribution is 1.53. The molecule has 0 fully saturated rings. The van der Waals surface area contributed by atoms with E-state index in [2.05, 4.69) is 38.0 Å². The summed E-state index contributed by atoms with van der Waals surface area (Å²) in [5.74, 6) is 2.54. The van der Waals surface area contributed by atoms with Crippen LogP contribution in [0.3, 0.4) is 0 Å². The zero-order valence-electron chi connectivity index (χ0n) is 8.87. The van der Waals surface area contributed by atoms with E-state index in [9.17, 15) is 0 Å². The third-order valence-corrected chi connectivity index (χ3v) is 3.58. The first-order valence-electron chi connectivity index (χ1n) is 4.85. The molecular formula is C14H12S. The Morgan fingerprint density at radius 1 is 1.33 bits per heavy atom. The van der Waals surface area contributed by atoms with Gasteiger partial charge in [0.05, 0.1) is 0 Å². The minimum Gasteiger partial charge on any atom is -0.140 e. The first-order chi connectivity index (χ1) is 7.24. The monoisotopic (exact) mass is 212 g/mol. The number of allylic oxidation sites excluding steroid dienone is 1. The fourth-order valence-electron chi connectivity index (χ4n) is 1.80. The molecule has 0 radical (unpaired) electrons. The Labute approximate surface area is 94.3 Å². The number of rotatable bonds is 1. The van der Waals surface area contributed by atoms with E-state index < -0.39 is 0 Å². The Balaban J connectivity index is 2.78. The lowest BCUT2D eigenvalue weighted by Gasteiger charge is -1.97. The minimum atomic E-state index is 1.27. The van der Waals surface area contributed by atoms with Gasteiger partial charge in [0, 0.05) is 15.0 Å². The summed E-state index contributed by atoms with van der Waals surface area (Å²) in [6, 6.07) is 6.40. The zero-order chi connectivity index (χ0) is 10.8. The maximum absolute atomic E-state index is 5.24. The van der Waals surface area contributed by atoms with Crippen LogP contribution in [0, 0.1) is 26.2 Å². The molecule has 0 aliphatic rings. The first-order valence-corrected chi connectivity index (χ1v) is 5.67. The normalized spacial score (nSPS) is 11.0. The predicted molar refractivity (Wildman–Crippen MR) is 69.2 cm³/mol. The van der Waals surface area contributed by atoms with E-state index in [0.717, 1.165) is 0 Å². The summed E-state index contributed by atoms with van der Waals surface area (Å²) in [6.45, 7) is 4.28. The van der Waals surface area contributed by atoms with Crippen LogP contribution in [0.25, 0.3) is 16.2 Å². The van der Waals surface area contributed by atoms with Crippen molar-refractivity contribution >= 4 is 27.5 Å². The van der Waals surface area contributed by atoms with Gasteiger partial charge in [-0.1, -0.05) is 18.1 Å². The van der Waals surface area contributed by atoms with Crippen molar-refractivity contribution in [3.8, 4) is 12.3 Å². The van der Waals surface area contributed by atoms with Crippen LogP contribution in [0.1, 0.15) is 16.0 Å². The van der Waals surface area contributed by atoms with E-state index in [4.69, 9.17) is 6.42 Å². The third-order valence-electron chi connectivity index (χ3n) is 2.49. The largest absolute Gasteiger partial charge is 0.140 e. The maximum Gasteiger partial charge on any atom is 0.0354 e. The lowest BCUT2D eigenvalue weighted by Crippen LogP contribution is -1.77. The Morgan fingerprint density at radius 3 is 2.87 bits per heavy atom. The van der Waals surface area contributed by atoms with Crippen molar-refractivity contribution in [2.24, 2.45) is 0 Å². The topological polar surface area (TPSA) is 0 Å². The van der Waals surface area contributed by atoms with Gasteiger partial charge in [0.25, 0.3) is 0 Å². The van der Waals surface area contributed by atoms with Gasteiger partial charge in [0.1, 0.15) is 0 Å². The molecule has 0 N–H and O–H groups in total. The molecule has 0 aliphatic heterocycles. The average molecular weight is 212 g/mol. The Hall–Kier alpha value is -1.52. The quantitative estimate of drug-likeness (QED) is 0.622. The van der Waals surface area contributed by atoms with Crippen molar-refractivity contribution in [3.63, 3.8) is 0 Å². The van der Waals surface area contributed by atoms with Crippen LogP contribution in [0.15, 0.2) is 24.3 Å². The van der Waals surface area contributed by atoms with Crippen LogP contribution < -0.4 is 0 Å². The number of terminal acetylenes is 1. The number of hydrogen-bond donors (Lipinski definition) is 0. The molecule has 2 rings (SSSR count). The van der Waals surface area contributed by atoms with Crippen molar-refractivity contribution in [2.45, 2.75) is 13.8 Å². The fraction of sp³-hybridized carbons (Fsp3) is 0.143. The standard InChI is InChI=1S/C14H12S/c1-4-5-8-12-11(3)15-13-9-6-7-10(2)14(12)13/h1,5-9H,2-3H3/b8-5-. The van der Waals surface area contributed by atoms with E-state index in [0.29, 0.717) is 0 Å². The highest BCUT2D eigenvalue weighted by molar-refractivity contribution is 7.19. The summed E-state index contributed by atoms with van der Waals surface area (Å²) in [7, 11) is 0. The Kier molecular flexibility index (Phi) is 2.62. The van der Waals surface area contributed by atoms with Crippen LogP contribution in [0.5, 0.6) is 0 Å². The average Bonchev–Trinajstić information content (AvgIpc) is 2.53. The molecule has 1 heteroatoms. The van der Waals surface area contributed by atoms with Crippen molar-refractivity contribution in [1.29, 1.82) is 0 Å². The molecule has 0 aliphatic carbocycles. The molecule has 1 aromatic heterocycles. The van der Waals surface area contributed by atoms with Gasteiger partial charge in [-0.2, -0.15) is 0 Å². The van der Waals surface area contributed by atoms with Gasteiger partial charge < -0.3 is 0 Å². The molecule has 0 saturated heterocycles. The molecular weight excluding hydrogens is 200 g/mol. The van der Waals surface area contributed by atoms with Gasteiger partial charge in [-0.15, -0.1) is 17.8 Å². The Bertz CT molecular complexity index is 565. The smallest absolute Gasteiger partial charge is 0.0354 e. The van der Waals surface area contributed by atoms with Gasteiger partial charge in [0.2, 0.25) is 0 Å². The number of hydrogen-bond acceptors (Lipinski definition) is 1. The van der Waals surface area contributed by atoms with Crippen LogP contribution in [-0.4, -0.2) is 0 Å². The molecule has 1 heterocycles. The molecule has 0 bridgehead atoms. The summed E-state index contributed by atoms with van der Waals surface area (Å²) in [4.78, 5) is 1.32. The lowest BCUT2D eigenvalue weighted by atomic mass is 10.1. The second-order valence-electron chi connectivity index (χ2n) is 3.52. The Morgan fingerprint density at radius 2 is 2.13 bits per heavy atom. The third kappa shape index (κ3) is 1.69. The van der Waals surface area contributed by atoms with Gasteiger partial charge >= 0.3 is 0 Å². The highest BCUT2D eigenvalue weighted by Crippen LogP contribution is 2.33.